The molecule has 0 radical (unpaired) electrons. The van der Waals surface area contributed by atoms with Gasteiger partial charge in [0, 0.05) is 19.3 Å². The summed E-state index contributed by atoms with van der Waals surface area (Å²) in [6.45, 7) is 5.61. The lowest BCUT2D eigenvalue weighted by Gasteiger charge is -2.38. The topological polar surface area (TPSA) is 62.7 Å². The van der Waals surface area contributed by atoms with Crippen LogP contribution in [0, 0.1) is 0 Å². The lowest BCUT2D eigenvalue weighted by molar-refractivity contribution is -0.137. The van der Waals surface area contributed by atoms with E-state index in [9.17, 15) is 23.1 Å². The monoisotopic (exact) mass is 346 g/mol. The first-order chi connectivity index (χ1) is 10.9. The quantitative estimate of drug-likeness (QED) is 0.847. The number of carbonyl (C=O) groups excluding carboxylic acids is 1. The Morgan fingerprint density at radius 1 is 1.29 bits per heavy atom. The number of pyridine rings is 1. The minimum absolute atomic E-state index is 0.0267. The minimum Gasteiger partial charge on any atom is -0.444 e. The molecule has 0 spiro atoms. The smallest absolute Gasteiger partial charge is 0.416 e. The van der Waals surface area contributed by atoms with Crippen LogP contribution in [0.1, 0.15) is 44.9 Å². The summed E-state index contributed by atoms with van der Waals surface area (Å²) in [4.78, 5) is 17.3. The number of halogens is 3. The van der Waals surface area contributed by atoms with Gasteiger partial charge in [0.05, 0.1) is 11.3 Å². The maximum atomic E-state index is 12.8. The second kappa shape index (κ2) is 6.23. The van der Waals surface area contributed by atoms with Crippen molar-refractivity contribution in [2.75, 3.05) is 13.1 Å². The Hall–Kier alpha value is -1.83. The van der Waals surface area contributed by atoms with Gasteiger partial charge in [-0.1, -0.05) is 0 Å². The van der Waals surface area contributed by atoms with E-state index in [2.05, 4.69) is 4.98 Å². The first-order valence-corrected chi connectivity index (χ1v) is 7.65. The van der Waals surface area contributed by atoms with Crippen molar-refractivity contribution in [3.05, 3.63) is 29.6 Å². The van der Waals surface area contributed by atoms with E-state index in [-0.39, 0.29) is 31.6 Å². The molecule has 5 nitrogen and oxygen atoms in total. The van der Waals surface area contributed by atoms with E-state index in [1.54, 1.807) is 20.8 Å². The molecular formula is C16H21F3N2O3. The van der Waals surface area contributed by atoms with Crippen LogP contribution in [0.5, 0.6) is 0 Å². The van der Waals surface area contributed by atoms with Crippen LogP contribution in [0.15, 0.2) is 18.3 Å². The number of aliphatic hydroxyl groups is 1. The van der Waals surface area contributed by atoms with Crippen LogP contribution in [-0.2, 0) is 16.5 Å². The van der Waals surface area contributed by atoms with Crippen LogP contribution in [0.4, 0.5) is 18.0 Å². The van der Waals surface area contributed by atoms with E-state index < -0.39 is 29.0 Å². The molecule has 0 saturated carbocycles. The number of piperidine rings is 1. The molecule has 1 saturated heterocycles. The summed E-state index contributed by atoms with van der Waals surface area (Å²) in [7, 11) is 0. The highest BCUT2D eigenvalue weighted by atomic mass is 19.4. The van der Waals surface area contributed by atoms with Gasteiger partial charge < -0.3 is 14.7 Å². The summed E-state index contributed by atoms with van der Waals surface area (Å²) in [5.41, 5.74) is -3.00. The van der Waals surface area contributed by atoms with Crippen LogP contribution in [0.25, 0.3) is 0 Å². The summed E-state index contributed by atoms with van der Waals surface area (Å²) < 4.78 is 43.7. The van der Waals surface area contributed by atoms with Gasteiger partial charge in [0.2, 0.25) is 0 Å². The molecule has 2 heterocycles. The molecule has 1 fully saturated rings. The largest absolute Gasteiger partial charge is 0.444 e. The molecule has 2 rings (SSSR count). The summed E-state index contributed by atoms with van der Waals surface area (Å²) in [5, 5.41) is 10.7. The third-order valence-electron chi connectivity index (χ3n) is 3.81. The molecule has 0 aromatic carbocycles. The minimum atomic E-state index is -4.49. The van der Waals surface area contributed by atoms with Gasteiger partial charge >= 0.3 is 12.3 Å². The molecule has 1 amide bonds. The Kier molecular flexibility index (Phi) is 4.81. The molecule has 134 valence electrons. The maximum Gasteiger partial charge on any atom is 0.416 e. The van der Waals surface area contributed by atoms with E-state index in [0.717, 1.165) is 18.3 Å². The number of carbonyl (C=O) groups is 1. The van der Waals surface area contributed by atoms with Crippen molar-refractivity contribution >= 4 is 6.09 Å². The van der Waals surface area contributed by atoms with Gasteiger partial charge in [-0.2, -0.15) is 13.2 Å². The van der Waals surface area contributed by atoms with E-state index in [1.165, 1.54) is 4.90 Å². The third-order valence-corrected chi connectivity index (χ3v) is 3.81. The maximum absolute atomic E-state index is 12.8. The van der Waals surface area contributed by atoms with Crippen molar-refractivity contribution in [2.24, 2.45) is 0 Å². The molecule has 1 aromatic rings. The zero-order chi connectivity index (χ0) is 18.2. The summed E-state index contributed by atoms with van der Waals surface area (Å²) in [5.74, 6) is 0. The summed E-state index contributed by atoms with van der Waals surface area (Å²) in [6, 6.07) is 1.73. The van der Waals surface area contributed by atoms with Crippen molar-refractivity contribution in [1.82, 2.24) is 9.88 Å². The SMILES string of the molecule is CC(C)(C)OC(=O)N1CCC(O)(c2cc(C(F)(F)F)ccn2)CC1. The fraction of sp³-hybridized carbons (Fsp3) is 0.625. The molecule has 1 aliphatic rings. The van der Waals surface area contributed by atoms with Gasteiger partial charge in [0.1, 0.15) is 11.2 Å². The molecule has 0 bridgehead atoms. The summed E-state index contributed by atoms with van der Waals surface area (Å²) >= 11 is 0. The van der Waals surface area contributed by atoms with Crippen molar-refractivity contribution in [3.63, 3.8) is 0 Å². The molecule has 1 aromatic heterocycles. The van der Waals surface area contributed by atoms with Gasteiger partial charge in [-0.05, 0) is 45.7 Å². The lowest BCUT2D eigenvalue weighted by Crippen LogP contribution is -2.47. The lowest BCUT2D eigenvalue weighted by atomic mass is 9.87. The standard InChI is InChI=1S/C16H21F3N2O3/c1-14(2,3)24-13(22)21-8-5-15(23,6-9-21)12-10-11(4-7-20-12)16(17,18)19/h4,7,10,23H,5-6,8-9H2,1-3H3. The van der Waals surface area contributed by atoms with Crippen LogP contribution in [0.2, 0.25) is 0 Å². The number of amides is 1. The second-order valence-corrected chi connectivity index (χ2v) is 6.93. The first kappa shape index (κ1) is 18.5. The highest BCUT2D eigenvalue weighted by molar-refractivity contribution is 5.68. The molecule has 1 N–H and O–H groups in total. The average molecular weight is 346 g/mol. The van der Waals surface area contributed by atoms with E-state index in [4.69, 9.17) is 4.74 Å². The molecule has 0 atom stereocenters. The molecule has 8 heteroatoms. The number of likely N-dealkylation sites (tertiary alicyclic amines) is 1. The Morgan fingerprint density at radius 2 is 1.88 bits per heavy atom. The summed E-state index contributed by atoms with van der Waals surface area (Å²) in [6.07, 6.45) is -3.76. The molecule has 24 heavy (non-hydrogen) atoms. The van der Waals surface area contributed by atoms with Gasteiger partial charge in [0.25, 0.3) is 0 Å². The number of hydrogen-bond acceptors (Lipinski definition) is 4. The van der Waals surface area contributed by atoms with Crippen molar-refractivity contribution in [2.45, 2.75) is 51.0 Å². The van der Waals surface area contributed by atoms with E-state index >= 15 is 0 Å². The molecule has 1 aliphatic heterocycles. The Morgan fingerprint density at radius 3 is 2.38 bits per heavy atom. The van der Waals surface area contributed by atoms with Gasteiger partial charge in [0.15, 0.2) is 0 Å². The average Bonchev–Trinajstić information content (AvgIpc) is 2.45. The fourth-order valence-electron chi connectivity index (χ4n) is 2.50. The Bertz CT molecular complexity index is 603. The van der Waals surface area contributed by atoms with E-state index in [1.807, 2.05) is 0 Å². The van der Waals surface area contributed by atoms with Crippen LogP contribution in [-0.4, -0.2) is 39.8 Å². The number of nitrogens with zero attached hydrogens (tertiary/aromatic N) is 2. The number of alkyl halides is 3. The molecule has 0 unspecified atom stereocenters. The highest BCUT2D eigenvalue weighted by Crippen LogP contribution is 2.35. The van der Waals surface area contributed by atoms with Crippen molar-refractivity contribution in [3.8, 4) is 0 Å². The zero-order valence-corrected chi connectivity index (χ0v) is 13.9. The third kappa shape index (κ3) is 4.37. The molecule has 0 aliphatic carbocycles. The van der Waals surface area contributed by atoms with Crippen molar-refractivity contribution in [1.29, 1.82) is 0 Å². The van der Waals surface area contributed by atoms with Crippen LogP contribution in [0.3, 0.4) is 0 Å². The zero-order valence-electron chi connectivity index (χ0n) is 13.9. The van der Waals surface area contributed by atoms with Crippen LogP contribution >= 0.6 is 0 Å². The predicted octanol–water partition coefficient (Wildman–Crippen LogP) is 3.32. The highest BCUT2D eigenvalue weighted by Gasteiger charge is 2.39. The van der Waals surface area contributed by atoms with Crippen molar-refractivity contribution < 1.29 is 27.8 Å². The molecular weight excluding hydrogens is 325 g/mol. The number of ether oxygens (including phenoxy) is 1. The van der Waals surface area contributed by atoms with Gasteiger partial charge in [-0.25, -0.2) is 4.79 Å². The fourth-order valence-corrected chi connectivity index (χ4v) is 2.50. The normalized spacial score (nSPS) is 18.4. The van der Waals surface area contributed by atoms with E-state index in [0.29, 0.717) is 0 Å². The second-order valence-electron chi connectivity index (χ2n) is 6.93. The van der Waals surface area contributed by atoms with Gasteiger partial charge in [-0.15, -0.1) is 0 Å². The number of aromatic nitrogens is 1. The first-order valence-electron chi connectivity index (χ1n) is 7.65. The predicted molar refractivity (Wildman–Crippen MR) is 80.2 cm³/mol. The van der Waals surface area contributed by atoms with Gasteiger partial charge in [-0.3, -0.25) is 4.98 Å². The Balaban J connectivity index is 2.09. The number of hydrogen-bond donors (Lipinski definition) is 1. The number of rotatable bonds is 1. The Labute approximate surface area is 138 Å². The van der Waals surface area contributed by atoms with Crippen LogP contribution < -0.4 is 0 Å².